The van der Waals surface area contributed by atoms with Crippen LogP contribution in [0.5, 0.6) is 0 Å². The Morgan fingerprint density at radius 3 is 2.05 bits per heavy atom. The van der Waals surface area contributed by atoms with Crippen LogP contribution in [0, 0.1) is 11.8 Å². The van der Waals surface area contributed by atoms with E-state index in [0.29, 0.717) is 17.8 Å². The second-order valence-corrected chi connectivity index (χ2v) is 6.69. The minimum atomic E-state index is 0.339. The SMILES string of the molecule is CC1CC(C)CN(c2nc(N)nc(N3CCCCC3)n2)C1. The van der Waals surface area contributed by atoms with Crippen molar-refractivity contribution >= 4 is 17.8 Å². The van der Waals surface area contributed by atoms with Gasteiger partial charge in [-0.25, -0.2) is 0 Å². The van der Waals surface area contributed by atoms with E-state index in [1.807, 2.05) is 0 Å². The van der Waals surface area contributed by atoms with Crippen LogP contribution >= 0.6 is 0 Å². The Labute approximate surface area is 126 Å². The highest BCUT2D eigenvalue weighted by Crippen LogP contribution is 2.26. The second kappa shape index (κ2) is 6.03. The topological polar surface area (TPSA) is 71.2 Å². The molecule has 6 heteroatoms. The predicted octanol–water partition coefficient (Wildman–Crippen LogP) is 1.93. The molecule has 0 bridgehead atoms. The summed E-state index contributed by atoms with van der Waals surface area (Å²) >= 11 is 0. The fourth-order valence-electron chi connectivity index (χ4n) is 3.57. The molecule has 3 rings (SSSR count). The van der Waals surface area contributed by atoms with Crippen LogP contribution in [0.4, 0.5) is 17.8 Å². The number of nitrogens with zero attached hydrogens (tertiary/aromatic N) is 5. The standard InChI is InChI=1S/C15H26N6/c1-11-8-12(2)10-21(9-11)15-18-13(16)17-14(19-15)20-6-4-3-5-7-20/h11-12H,3-10H2,1-2H3,(H2,16,17,18,19). The van der Waals surface area contributed by atoms with Crippen molar-refractivity contribution in [3.8, 4) is 0 Å². The highest BCUT2D eigenvalue weighted by atomic mass is 15.4. The van der Waals surface area contributed by atoms with Gasteiger partial charge in [0.2, 0.25) is 17.8 Å². The van der Waals surface area contributed by atoms with Crippen LogP contribution in [0.15, 0.2) is 0 Å². The fourth-order valence-corrected chi connectivity index (χ4v) is 3.57. The molecule has 0 spiro atoms. The van der Waals surface area contributed by atoms with Gasteiger partial charge in [-0.3, -0.25) is 0 Å². The lowest BCUT2D eigenvalue weighted by molar-refractivity contribution is 0.353. The molecule has 21 heavy (non-hydrogen) atoms. The fraction of sp³-hybridized carbons (Fsp3) is 0.800. The molecule has 2 fully saturated rings. The summed E-state index contributed by atoms with van der Waals surface area (Å²) in [6, 6.07) is 0. The lowest BCUT2D eigenvalue weighted by atomic mass is 9.92. The molecule has 0 aromatic carbocycles. The molecule has 0 amide bonds. The summed E-state index contributed by atoms with van der Waals surface area (Å²) in [6.45, 7) is 8.64. The lowest BCUT2D eigenvalue weighted by Gasteiger charge is -2.35. The molecule has 3 heterocycles. The lowest BCUT2D eigenvalue weighted by Crippen LogP contribution is -2.40. The predicted molar refractivity (Wildman–Crippen MR) is 85.5 cm³/mol. The molecule has 6 nitrogen and oxygen atoms in total. The third-order valence-corrected chi connectivity index (χ3v) is 4.42. The van der Waals surface area contributed by atoms with E-state index in [2.05, 4.69) is 33.6 Å². The Bertz CT molecular complexity index is 475. The molecule has 2 N–H and O–H groups in total. The molecule has 2 saturated heterocycles. The van der Waals surface area contributed by atoms with Crippen LogP contribution in [0.25, 0.3) is 0 Å². The molecule has 2 aliphatic rings. The van der Waals surface area contributed by atoms with Crippen LogP contribution in [0.2, 0.25) is 0 Å². The van der Waals surface area contributed by atoms with E-state index in [-0.39, 0.29) is 0 Å². The van der Waals surface area contributed by atoms with Gasteiger partial charge in [0.05, 0.1) is 0 Å². The number of nitrogen functional groups attached to an aromatic ring is 1. The van der Waals surface area contributed by atoms with Crippen LogP contribution < -0.4 is 15.5 Å². The van der Waals surface area contributed by atoms with Gasteiger partial charge in [0.1, 0.15) is 0 Å². The maximum atomic E-state index is 5.93. The summed E-state index contributed by atoms with van der Waals surface area (Å²) < 4.78 is 0. The van der Waals surface area contributed by atoms with Crippen molar-refractivity contribution < 1.29 is 0 Å². The van der Waals surface area contributed by atoms with Crippen molar-refractivity contribution in [2.75, 3.05) is 41.7 Å². The number of piperidine rings is 2. The van der Waals surface area contributed by atoms with Gasteiger partial charge in [-0.1, -0.05) is 13.8 Å². The highest BCUT2D eigenvalue weighted by Gasteiger charge is 2.25. The van der Waals surface area contributed by atoms with Crippen molar-refractivity contribution in [3.05, 3.63) is 0 Å². The Kier molecular flexibility index (Phi) is 4.12. The molecule has 2 aliphatic heterocycles. The normalized spacial score (nSPS) is 27.0. The monoisotopic (exact) mass is 290 g/mol. The van der Waals surface area contributed by atoms with Gasteiger partial charge in [-0.15, -0.1) is 0 Å². The van der Waals surface area contributed by atoms with E-state index in [1.54, 1.807) is 0 Å². The molecule has 2 atom stereocenters. The first-order valence-electron chi connectivity index (χ1n) is 8.13. The highest BCUT2D eigenvalue weighted by molar-refractivity contribution is 5.44. The van der Waals surface area contributed by atoms with Crippen molar-refractivity contribution in [1.82, 2.24) is 15.0 Å². The first kappa shape index (κ1) is 14.4. The third kappa shape index (κ3) is 3.36. The molecule has 116 valence electrons. The minimum absolute atomic E-state index is 0.339. The summed E-state index contributed by atoms with van der Waals surface area (Å²) in [5.74, 6) is 3.19. The number of hydrogen-bond acceptors (Lipinski definition) is 6. The summed E-state index contributed by atoms with van der Waals surface area (Å²) in [5.41, 5.74) is 5.93. The summed E-state index contributed by atoms with van der Waals surface area (Å²) in [7, 11) is 0. The van der Waals surface area contributed by atoms with Crippen LogP contribution in [0.3, 0.4) is 0 Å². The average Bonchev–Trinajstić information content (AvgIpc) is 2.46. The largest absolute Gasteiger partial charge is 0.368 e. The summed E-state index contributed by atoms with van der Waals surface area (Å²) in [4.78, 5) is 17.9. The number of nitrogens with two attached hydrogens (primary N) is 1. The van der Waals surface area contributed by atoms with Gasteiger partial charge >= 0.3 is 0 Å². The van der Waals surface area contributed by atoms with Gasteiger partial charge in [0, 0.05) is 26.2 Å². The van der Waals surface area contributed by atoms with Gasteiger partial charge in [0.15, 0.2) is 0 Å². The first-order valence-corrected chi connectivity index (χ1v) is 8.13. The quantitative estimate of drug-likeness (QED) is 0.897. The molecular weight excluding hydrogens is 264 g/mol. The molecule has 2 unspecified atom stereocenters. The Hall–Kier alpha value is -1.59. The maximum absolute atomic E-state index is 5.93. The molecule has 1 aromatic heterocycles. The number of aromatic nitrogens is 3. The van der Waals surface area contributed by atoms with E-state index in [1.165, 1.54) is 25.7 Å². The van der Waals surface area contributed by atoms with Crippen LogP contribution in [-0.2, 0) is 0 Å². The van der Waals surface area contributed by atoms with Gasteiger partial charge in [-0.05, 0) is 37.5 Å². The van der Waals surface area contributed by atoms with E-state index >= 15 is 0 Å². The van der Waals surface area contributed by atoms with Crippen LogP contribution in [0.1, 0.15) is 39.5 Å². The van der Waals surface area contributed by atoms with Gasteiger partial charge in [-0.2, -0.15) is 15.0 Å². The third-order valence-electron chi connectivity index (χ3n) is 4.42. The smallest absolute Gasteiger partial charge is 0.231 e. The average molecular weight is 290 g/mol. The Balaban J connectivity index is 1.83. The van der Waals surface area contributed by atoms with Gasteiger partial charge in [0.25, 0.3) is 0 Å². The van der Waals surface area contributed by atoms with E-state index in [4.69, 9.17) is 10.7 Å². The van der Waals surface area contributed by atoms with Crippen molar-refractivity contribution in [2.45, 2.75) is 39.5 Å². The minimum Gasteiger partial charge on any atom is -0.368 e. The van der Waals surface area contributed by atoms with Crippen molar-refractivity contribution in [2.24, 2.45) is 11.8 Å². The van der Waals surface area contributed by atoms with Crippen molar-refractivity contribution in [3.63, 3.8) is 0 Å². The zero-order chi connectivity index (χ0) is 14.8. The summed E-state index contributed by atoms with van der Waals surface area (Å²) in [6.07, 6.45) is 4.98. The molecule has 0 radical (unpaired) electrons. The zero-order valence-electron chi connectivity index (χ0n) is 13.1. The molecular formula is C15H26N6. The summed E-state index contributed by atoms with van der Waals surface area (Å²) in [5, 5.41) is 0. The maximum Gasteiger partial charge on any atom is 0.231 e. The second-order valence-electron chi connectivity index (χ2n) is 6.69. The number of rotatable bonds is 2. The Morgan fingerprint density at radius 1 is 0.857 bits per heavy atom. The Morgan fingerprint density at radius 2 is 1.43 bits per heavy atom. The van der Waals surface area contributed by atoms with Crippen molar-refractivity contribution in [1.29, 1.82) is 0 Å². The van der Waals surface area contributed by atoms with Crippen LogP contribution in [-0.4, -0.2) is 41.1 Å². The molecule has 1 aromatic rings. The number of hydrogen-bond donors (Lipinski definition) is 1. The van der Waals surface area contributed by atoms with Gasteiger partial charge < -0.3 is 15.5 Å². The zero-order valence-corrected chi connectivity index (χ0v) is 13.1. The van der Waals surface area contributed by atoms with E-state index in [9.17, 15) is 0 Å². The molecule has 0 aliphatic carbocycles. The number of anilines is 3. The van der Waals surface area contributed by atoms with E-state index < -0.39 is 0 Å². The molecule has 0 saturated carbocycles. The van der Waals surface area contributed by atoms with E-state index in [0.717, 1.165) is 38.1 Å². The first-order chi connectivity index (χ1) is 10.1.